The largest absolute Gasteiger partial charge is 0.508 e. The van der Waals surface area contributed by atoms with Crippen molar-refractivity contribution in [2.45, 2.75) is 39.7 Å². The Morgan fingerprint density at radius 2 is 2.00 bits per heavy atom. The number of rotatable bonds is 4. The van der Waals surface area contributed by atoms with Gasteiger partial charge in [0.05, 0.1) is 17.6 Å². The third-order valence-electron chi connectivity index (χ3n) is 6.47. The highest BCUT2D eigenvalue weighted by molar-refractivity contribution is 6.11. The van der Waals surface area contributed by atoms with Crippen molar-refractivity contribution in [2.75, 3.05) is 11.9 Å². The molecular formula is C26H27N3O3. The summed E-state index contributed by atoms with van der Waals surface area (Å²) in [5.74, 6) is -0.203. The molecule has 3 aromatic rings. The number of nitrogens with zero attached hydrogens (tertiary/aromatic N) is 2. The summed E-state index contributed by atoms with van der Waals surface area (Å²) in [6, 6.07) is 13.2. The minimum Gasteiger partial charge on any atom is -0.508 e. The van der Waals surface area contributed by atoms with Gasteiger partial charge in [-0.15, -0.1) is 0 Å². The average molecular weight is 430 g/mol. The van der Waals surface area contributed by atoms with Crippen LogP contribution in [0.1, 0.15) is 44.2 Å². The topological polar surface area (TPSA) is 74.6 Å². The van der Waals surface area contributed by atoms with Crippen LogP contribution in [0.5, 0.6) is 5.75 Å². The zero-order valence-electron chi connectivity index (χ0n) is 18.6. The molecule has 32 heavy (non-hydrogen) atoms. The van der Waals surface area contributed by atoms with Crippen LogP contribution >= 0.6 is 0 Å². The second-order valence-electron chi connectivity index (χ2n) is 9.12. The van der Waals surface area contributed by atoms with E-state index in [9.17, 15) is 14.7 Å². The van der Waals surface area contributed by atoms with Gasteiger partial charge in [0.15, 0.2) is 0 Å². The number of anilines is 1. The molecule has 0 bridgehead atoms. The predicted molar refractivity (Wildman–Crippen MR) is 124 cm³/mol. The average Bonchev–Trinajstić information content (AvgIpc) is 3.22. The minimum atomic E-state index is -0.382. The van der Waals surface area contributed by atoms with E-state index < -0.39 is 0 Å². The van der Waals surface area contributed by atoms with E-state index in [2.05, 4.69) is 36.0 Å². The summed E-state index contributed by atoms with van der Waals surface area (Å²) in [6.07, 6.45) is 3.19. The SMILES string of the molecule is CC(=O)N1CC2=C(C1=O)[C@@H](c1cccc(O)c1)c1cn(CCC(C)C)c3cccc(c13)N2. The summed E-state index contributed by atoms with van der Waals surface area (Å²) in [5, 5.41) is 14.8. The molecule has 3 heterocycles. The van der Waals surface area contributed by atoms with Crippen LogP contribution < -0.4 is 5.32 Å². The number of aromatic nitrogens is 1. The van der Waals surface area contributed by atoms with Crippen molar-refractivity contribution in [2.24, 2.45) is 5.92 Å². The number of aromatic hydroxyl groups is 1. The first-order valence-corrected chi connectivity index (χ1v) is 11.1. The normalized spacial score (nSPS) is 17.7. The van der Waals surface area contributed by atoms with Crippen LogP contribution in [0.3, 0.4) is 0 Å². The van der Waals surface area contributed by atoms with E-state index in [0.717, 1.165) is 46.4 Å². The van der Waals surface area contributed by atoms with E-state index in [0.29, 0.717) is 11.5 Å². The summed E-state index contributed by atoms with van der Waals surface area (Å²) in [5.41, 5.74) is 5.22. The van der Waals surface area contributed by atoms with Crippen LogP contribution in [-0.2, 0) is 16.1 Å². The van der Waals surface area contributed by atoms with Crippen molar-refractivity contribution in [3.05, 3.63) is 71.1 Å². The maximum atomic E-state index is 13.4. The maximum absolute atomic E-state index is 13.4. The Morgan fingerprint density at radius 1 is 1.22 bits per heavy atom. The van der Waals surface area contributed by atoms with Crippen LogP contribution in [-0.4, -0.2) is 32.9 Å². The molecule has 0 spiro atoms. The maximum Gasteiger partial charge on any atom is 0.259 e. The highest BCUT2D eigenvalue weighted by Crippen LogP contribution is 2.46. The first-order valence-electron chi connectivity index (χ1n) is 11.1. The van der Waals surface area contributed by atoms with Gasteiger partial charge in [-0.25, -0.2) is 0 Å². The van der Waals surface area contributed by atoms with E-state index in [1.807, 2.05) is 18.2 Å². The Kier molecular flexibility index (Phi) is 4.81. The number of imide groups is 1. The highest BCUT2D eigenvalue weighted by Gasteiger charge is 2.41. The van der Waals surface area contributed by atoms with Gasteiger partial charge in [0, 0.05) is 42.4 Å². The first kappa shape index (κ1) is 20.4. The number of nitrogens with one attached hydrogen (secondary N) is 1. The number of carbonyl (C=O) groups excluding carboxylic acids is 2. The quantitative estimate of drug-likeness (QED) is 0.636. The lowest BCUT2D eigenvalue weighted by atomic mass is 9.84. The molecular weight excluding hydrogens is 402 g/mol. The number of phenols is 1. The lowest BCUT2D eigenvalue weighted by Gasteiger charge is -2.19. The summed E-state index contributed by atoms with van der Waals surface area (Å²) >= 11 is 0. The van der Waals surface area contributed by atoms with Crippen molar-refractivity contribution in [1.82, 2.24) is 9.47 Å². The molecule has 164 valence electrons. The molecule has 2 amide bonds. The first-order chi connectivity index (χ1) is 15.3. The van der Waals surface area contributed by atoms with Crippen molar-refractivity contribution in [3.63, 3.8) is 0 Å². The van der Waals surface area contributed by atoms with E-state index in [1.165, 1.54) is 11.8 Å². The molecule has 1 aromatic heterocycles. The molecule has 0 saturated carbocycles. The third-order valence-corrected chi connectivity index (χ3v) is 6.47. The number of hydrogen-bond donors (Lipinski definition) is 2. The zero-order chi connectivity index (χ0) is 22.6. The number of carbonyl (C=O) groups is 2. The third kappa shape index (κ3) is 3.18. The van der Waals surface area contributed by atoms with E-state index in [4.69, 9.17) is 0 Å². The molecule has 2 N–H and O–H groups in total. The van der Waals surface area contributed by atoms with Crippen molar-refractivity contribution in [3.8, 4) is 5.75 Å². The molecule has 2 aliphatic rings. The Bertz CT molecular complexity index is 1280. The summed E-state index contributed by atoms with van der Waals surface area (Å²) in [4.78, 5) is 26.9. The van der Waals surface area contributed by atoms with Crippen LogP contribution in [0.2, 0.25) is 0 Å². The minimum absolute atomic E-state index is 0.152. The van der Waals surface area contributed by atoms with Crippen molar-refractivity contribution < 1.29 is 14.7 Å². The number of benzene rings is 2. The van der Waals surface area contributed by atoms with Gasteiger partial charge >= 0.3 is 0 Å². The Hall–Kier alpha value is -3.54. The molecule has 0 saturated heterocycles. The van der Waals surface area contributed by atoms with Crippen molar-refractivity contribution in [1.29, 1.82) is 0 Å². The van der Waals surface area contributed by atoms with E-state index in [-0.39, 0.29) is 30.0 Å². The highest BCUT2D eigenvalue weighted by atomic mass is 16.3. The number of hydrogen-bond acceptors (Lipinski definition) is 4. The molecule has 0 radical (unpaired) electrons. The molecule has 1 atom stereocenters. The second-order valence-corrected chi connectivity index (χ2v) is 9.12. The fraction of sp³-hybridized carbons (Fsp3) is 0.308. The standard InChI is InChI=1S/C26H27N3O3/c1-15(2)10-11-28-13-19-23(17-6-4-7-18(31)12-17)25-21(14-29(16(3)30)26(25)32)27-20-8-5-9-22(28)24(19)20/h4-9,12-13,15,23,27,31H,10-11,14H2,1-3H3/t23-/m0/s1. The lowest BCUT2D eigenvalue weighted by Crippen LogP contribution is -2.33. The van der Waals surface area contributed by atoms with E-state index in [1.54, 1.807) is 18.2 Å². The van der Waals surface area contributed by atoms with Crippen LogP contribution in [0.15, 0.2) is 59.9 Å². The van der Waals surface area contributed by atoms with Crippen LogP contribution in [0.4, 0.5) is 5.69 Å². The molecule has 6 heteroatoms. The van der Waals surface area contributed by atoms with Gasteiger partial charge in [-0.2, -0.15) is 0 Å². The van der Waals surface area contributed by atoms with Gasteiger partial charge in [0.25, 0.3) is 5.91 Å². The fourth-order valence-electron chi connectivity index (χ4n) is 4.91. The van der Waals surface area contributed by atoms with Gasteiger partial charge in [-0.1, -0.05) is 32.0 Å². The molecule has 2 aromatic carbocycles. The molecule has 6 nitrogen and oxygen atoms in total. The smallest absolute Gasteiger partial charge is 0.259 e. The van der Waals surface area contributed by atoms with Gasteiger partial charge in [0.1, 0.15) is 5.75 Å². The Balaban J connectivity index is 1.76. The molecule has 0 unspecified atom stereocenters. The van der Waals surface area contributed by atoms with Gasteiger partial charge in [-0.05, 0) is 47.7 Å². The lowest BCUT2D eigenvalue weighted by molar-refractivity contribution is -0.139. The molecule has 2 aliphatic heterocycles. The van der Waals surface area contributed by atoms with Gasteiger partial charge in [0.2, 0.25) is 5.91 Å². The predicted octanol–water partition coefficient (Wildman–Crippen LogP) is 4.59. The monoisotopic (exact) mass is 429 g/mol. The van der Waals surface area contributed by atoms with Gasteiger partial charge < -0.3 is 15.0 Å². The molecule has 5 rings (SSSR count). The van der Waals surface area contributed by atoms with Gasteiger partial charge in [-0.3, -0.25) is 14.5 Å². The zero-order valence-corrected chi connectivity index (χ0v) is 18.6. The van der Waals surface area contributed by atoms with Crippen molar-refractivity contribution >= 4 is 28.4 Å². The van der Waals surface area contributed by atoms with E-state index >= 15 is 0 Å². The summed E-state index contributed by atoms with van der Waals surface area (Å²) < 4.78 is 2.26. The molecule has 0 fully saturated rings. The fourth-order valence-corrected chi connectivity index (χ4v) is 4.91. The summed E-state index contributed by atoms with van der Waals surface area (Å²) in [7, 11) is 0. The number of amides is 2. The molecule has 0 aliphatic carbocycles. The Labute approximate surface area is 187 Å². The van der Waals surface area contributed by atoms with Crippen LogP contribution in [0.25, 0.3) is 10.9 Å². The second kappa shape index (κ2) is 7.55. The Morgan fingerprint density at radius 3 is 2.72 bits per heavy atom. The van der Waals surface area contributed by atoms with Crippen LogP contribution in [0, 0.1) is 5.92 Å². The number of phenolic OH excluding ortho intramolecular Hbond substituents is 1. The number of aryl methyl sites for hydroxylation is 1. The summed E-state index contributed by atoms with van der Waals surface area (Å²) in [6.45, 7) is 6.95.